The summed E-state index contributed by atoms with van der Waals surface area (Å²) in [6.45, 7) is 4.37. The minimum atomic E-state index is -0.923. The molecule has 0 amide bonds. The van der Waals surface area contributed by atoms with E-state index in [1.165, 1.54) is 5.69 Å². The summed E-state index contributed by atoms with van der Waals surface area (Å²) < 4.78 is 5.74. The first-order chi connectivity index (χ1) is 11.2. The van der Waals surface area contributed by atoms with Crippen LogP contribution in [0, 0.1) is 0 Å². The number of anilines is 1. The molecule has 5 nitrogen and oxygen atoms in total. The molecule has 1 saturated heterocycles. The minimum absolute atomic E-state index is 0.272. The van der Waals surface area contributed by atoms with Crippen LogP contribution >= 0.6 is 0 Å². The van der Waals surface area contributed by atoms with E-state index in [1.54, 1.807) is 24.3 Å². The maximum absolute atomic E-state index is 10.8. The number of aromatic carboxylic acids is 1. The molecule has 0 aromatic heterocycles. The number of para-hydroxylation sites is 1. The molecule has 23 heavy (non-hydrogen) atoms. The van der Waals surface area contributed by atoms with Crippen molar-refractivity contribution in [1.29, 1.82) is 0 Å². The summed E-state index contributed by atoms with van der Waals surface area (Å²) in [6.07, 6.45) is 0. The average molecular weight is 312 g/mol. The molecule has 120 valence electrons. The summed E-state index contributed by atoms with van der Waals surface area (Å²) in [5.41, 5.74) is 1.53. The first kappa shape index (κ1) is 15.4. The zero-order valence-electron chi connectivity index (χ0n) is 12.9. The molecule has 1 heterocycles. The monoisotopic (exact) mass is 312 g/mol. The minimum Gasteiger partial charge on any atom is -0.478 e. The van der Waals surface area contributed by atoms with Gasteiger partial charge in [-0.25, -0.2) is 4.79 Å². The molecule has 0 unspecified atom stereocenters. The number of carboxylic acids is 1. The second kappa shape index (κ2) is 7.15. The Morgan fingerprint density at radius 2 is 1.61 bits per heavy atom. The van der Waals surface area contributed by atoms with Gasteiger partial charge in [0.2, 0.25) is 0 Å². The third kappa shape index (κ3) is 4.02. The van der Waals surface area contributed by atoms with Gasteiger partial charge in [-0.15, -0.1) is 0 Å². The van der Waals surface area contributed by atoms with Crippen LogP contribution in [0.25, 0.3) is 0 Å². The molecule has 1 fully saturated rings. The Kier molecular flexibility index (Phi) is 4.78. The van der Waals surface area contributed by atoms with Gasteiger partial charge in [-0.3, -0.25) is 4.90 Å². The summed E-state index contributed by atoms with van der Waals surface area (Å²) in [7, 11) is 0. The highest BCUT2D eigenvalue weighted by molar-refractivity contribution is 5.87. The van der Waals surface area contributed by atoms with Crippen LogP contribution in [0.3, 0.4) is 0 Å². The van der Waals surface area contributed by atoms with Gasteiger partial charge in [0.1, 0.15) is 12.5 Å². The Bertz CT molecular complexity index is 635. The van der Waals surface area contributed by atoms with E-state index in [9.17, 15) is 4.79 Å². The standard InChI is InChI=1S/C18H20N2O3/c21-18(22)15-6-8-17(9-7-15)23-14-19-10-12-20(13-11-19)16-4-2-1-3-5-16/h1-9H,10-14H2,(H,21,22). The Morgan fingerprint density at radius 1 is 0.957 bits per heavy atom. The Hall–Kier alpha value is -2.53. The van der Waals surface area contributed by atoms with Crippen molar-refractivity contribution in [1.82, 2.24) is 4.90 Å². The number of ether oxygens (including phenoxy) is 1. The maximum atomic E-state index is 10.8. The van der Waals surface area contributed by atoms with Crippen molar-refractivity contribution >= 4 is 11.7 Å². The molecule has 2 aromatic rings. The van der Waals surface area contributed by atoms with Gasteiger partial charge in [0, 0.05) is 31.9 Å². The van der Waals surface area contributed by atoms with Crippen LogP contribution in [-0.2, 0) is 0 Å². The SMILES string of the molecule is O=C(O)c1ccc(OCN2CCN(c3ccccc3)CC2)cc1. The highest BCUT2D eigenvalue weighted by Gasteiger charge is 2.17. The molecule has 0 saturated carbocycles. The molecule has 0 spiro atoms. The number of piperazine rings is 1. The van der Waals surface area contributed by atoms with Gasteiger partial charge in [-0.05, 0) is 36.4 Å². The normalized spacial score (nSPS) is 15.4. The van der Waals surface area contributed by atoms with Gasteiger partial charge in [-0.2, -0.15) is 0 Å². The second-order valence-electron chi connectivity index (χ2n) is 5.54. The lowest BCUT2D eigenvalue weighted by atomic mass is 10.2. The molecule has 5 heteroatoms. The molecule has 0 atom stereocenters. The largest absolute Gasteiger partial charge is 0.478 e. The molecule has 0 radical (unpaired) electrons. The van der Waals surface area contributed by atoms with Crippen molar-refractivity contribution in [3.05, 3.63) is 60.2 Å². The van der Waals surface area contributed by atoms with Crippen molar-refractivity contribution in [2.24, 2.45) is 0 Å². The van der Waals surface area contributed by atoms with Crippen LogP contribution in [-0.4, -0.2) is 48.9 Å². The summed E-state index contributed by atoms with van der Waals surface area (Å²) >= 11 is 0. The van der Waals surface area contributed by atoms with Crippen LogP contribution in [0.1, 0.15) is 10.4 Å². The first-order valence-electron chi connectivity index (χ1n) is 7.71. The summed E-state index contributed by atoms with van der Waals surface area (Å²) in [5.74, 6) is -0.228. The van der Waals surface area contributed by atoms with Gasteiger partial charge in [0.15, 0.2) is 0 Å². The average Bonchev–Trinajstić information content (AvgIpc) is 2.61. The third-order valence-corrected chi connectivity index (χ3v) is 4.01. The Labute approximate surface area is 135 Å². The van der Waals surface area contributed by atoms with Gasteiger partial charge in [0.05, 0.1) is 5.56 Å². The molecule has 3 rings (SSSR count). The predicted octanol–water partition coefficient (Wildman–Crippen LogP) is 2.54. The van der Waals surface area contributed by atoms with E-state index in [0.29, 0.717) is 12.5 Å². The van der Waals surface area contributed by atoms with Crippen molar-refractivity contribution in [2.45, 2.75) is 0 Å². The van der Waals surface area contributed by atoms with Crippen LogP contribution < -0.4 is 9.64 Å². The van der Waals surface area contributed by atoms with Crippen LogP contribution in [0.15, 0.2) is 54.6 Å². The van der Waals surface area contributed by atoms with Gasteiger partial charge < -0.3 is 14.7 Å². The Balaban J connectivity index is 1.46. The van der Waals surface area contributed by atoms with Gasteiger partial charge in [0.25, 0.3) is 0 Å². The maximum Gasteiger partial charge on any atom is 0.335 e. The lowest BCUT2D eigenvalue weighted by Crippen LogP contribution is -2.47. The number of hydrogen-bond donors (Lipinski definition) is 1. The van der Waals surface area contributed by atoms with Crippen LogP contribution in [0.5, 0.6) is 5.75 Å². The second-order valence-corrected chi connectivity index (χ2v) is 5.54. The lowest BCUT2D eigenvalue weighted by molar-refractivity contribution is 0.0696. The smallest absolute Gasteiger partial charge is 0.335 e. The van der Waals surface area contributed by atoms with Crippen molar-refractivity contribution in [2.75, 3.05) is 37.8 Å². The topological polar surface area (TPSA) is 53.0 Å². The summed E-state index contributed by atoms with van der Waals surface area (Å²) in [4.78, 5) is 15.4. The fourth-order valence-corrected chi connectivity index (χ4v) is 2.63. The van der Waals surface area contributed by atoms with E-state index in [4.69, 9.17) is 9.84 Å². The van der Waals surface area contributed by atoms with Crippen LogP contribution in [0.4, 0.5) is 5.69 Å². The predicted molar refractivity (Wildman–Crippen MR) is 89.1 cm³/mol. The molecule has 1 aliphatic heterocycles. The first-order valence-corrected chi connectivity index (χ1v) is 7.71. The molecular weight excluding hydrogens is 292 g/mol. The molecule has 1 aliphatic rings. The Morgan fingerprint density at radius 3 is 2.22 bits per heavy atom. The summed E-state index contributed by atoms with van der Waals surface area (Å²) in [5, 5.41) is 8.87. The third-order valence-electron chi connectivity index (χ3n) is 4.01. The molecule has 1 N–H and O–H groups in total. The molecule has 0 bridgehead atoms. The van der Waals surface area contributed by atoms with Crippen molar-refractivity contribution in [3.63, 3.8) is 0 Å². The van der Waals surface area contributed by atoms with E-state index < -0.39 is 5.97 Å². The van der Waals surface area contributed by atoms with Crippen molar-refractivity contribution < 1.29 is 14.6 Å². The van der Waals surface area contributed by atoms with Gasteiger partial charge >= 0.3 is 5.97 Å². The quantitative estimate of drug-likeness (QED) is 0.919. The fraction of sp³-hybridized carbons (Fsp3) is 0.278. The number of benzene rings is 2. The number of carbonyl (C=O) groups is 1. The van der Waals surface area contributed by atoms with E-state index in [0.717, 1.165) is 26.2 Å². The molecular formula is C18H20N2O3. The number of hydrogen-bond acceptors (Lipinski definition) is 4. The molecule has 0 aliphatic carbocycles. The van der Waals surface area contributed by atoms with Crippen LogP contribution in [0.2, 0.25) is 0 Å². The lowest BCUT2D eigenvalue weighted by Gasteiger charge is -2.35. The zero-order valence-corrected chi connectivity index (χ0v) is 12.9. The van der Waals surface area contributed by atoms with E-state index >= 15 is 0 Å². The van der Waals surface area contributed by atoms with E-state index in [1.807, 2.05) is 6.07 Å². The van der Waals surface area contributed by atoms with E-state index in [-0.39, 0.29) is 5.56 Å². The highest BCUT2D eigenvalue weighted by atomic mass is 16.5. The number of carboxylic acid groups (broad SMARTS) is 1. The fourth-order valence-electron chi connectivity index (χ4n) is 2.63. The number of rotatable bonds is 5. The number of nitrogens with zero attached hydrogens (tertiary/aromatic N) is 2. The zero-order chi connectivity index (χ0) is 16.1. The highest BCUT2D eigenvalue weighted by Crippen LogP contribution is 2.16. The van der Waals surface area contributed by atoms with Gasteiger partial charge in [-0.1, -0.05) is 18.2 Å². The van der Waals surface area contributed by atoms with E-state index in [2.05, 4.69) is 34.1 Å². The molecule has 2 aromatic carbocycles. The van der Waals surface area contributed by atoms with Crippen molar-refractivity contribution in [3.8, 4) is 5.75 Å². The summed E-state index contributed by atoms with van der Waals surface area (Å²) in [6, 6.07) is 16.9.